The first-order valence-corrected chi connectivity index (χ1v) is 11.2. The van der Waals surface area contributed by atoms with E-state index in [9.17, 15) is 9.59 Å². The van der Waals surface area contributed by atoms with Gasteiger partial charge in [-0.3, -0.25) is 9.59 Å². The first-order valence-electron chi connectivity index (χ1n) is 11.2. The van der Waals surface area contributed by atoms with Crippen molar-refractivity contribution in [2.75, 3.05) is 6.61 Å². The maximum Gasteiger partial charge on any atom is 0.306 e. The van der Waals surface area contributed by atoms with Gasteiger partial charge in [0.25, 0.3) is 0 Å². The second-order valence-corrected chi connectivity index (χ2v) is 8.65. The summed E-state index contributed by atoms with van der Waals surface area (Å²) in [5.41, 5.74) is 0. The van der Waals surface area contributed by atoms with Crippen LogP contribution in [0.4, 0.5) is 0 Å². The lowest BCUT2D eigenvalue weighted by atomic mass is 10.0. The minimum Gasteiger partial charge on any atom is -0.466 e. The summed E-state index contributed by atoms with van der Waals surface area (Å²) in [6.07, 6.45) is 11.2. The van der Waals surface area contributed by atoms with E-state index in [0.29, 0.717) is 19.4 Å². The summed E-state index contributed by atoms with van der Waals surface area (Å²) in [6.45, 7) is 11.2. The highest BCUT2D eigenvalue weighted by Crippen LogP contribution is 2.12. The Bertz CT molecular complexity index is 377. The van der Waals surface area contributed by atoms with Crippen molar-refractivity contribution in [3.8, 4) is 0 Å². The van der Waals surface area contributed by atoms with E-state index >= 15 is 0 Å². The van der Waals surface area contributed by atoms with Crippen molar-refractivity contribution < 1.29 is 19.1 Å². The molecule has 4 heteroatoms. The zero-order chi connectivity index (χ0) is 20.5. The van der Waals surface area contributed by atoms with Gasteiger partial charge in [-0.25, -0.2) is 0 Å². The molecule has 160 valence electrons. The van der Waals surface area contributed by atoms with Gasteiger partial charge < -0.3 is 9.47 Å². The molecular weight excluding hydrogens is 340 g/mol. The van der Waals surface area contributed by atoms with Crippen LogP contribution in [0.1, 0.15) is 112 Å². The van der Waals surface area contributed by atoms with E-state index < -0.39 is 0 Å². The van der Waals surface area contributed by atoms with Crippen LogP contribution in [0.2, 0.25) is 0 Å². The molecule has 4 nitrogen and oxygen atoms in total. The molecule has 1 unspecified atom stereocenters. The van der Waals surface area contributed by atoms with Crippen LogP contribution < -0.4 is 0 Å². The molecule has 0 saturated heterocycles. The largest absolute Gasteiger partial charge is 0.466 e. The van der Waals surface area contributed by atoms with Crippen molar-refractivity contribution in [3.63, 3.8) is 0 Å². The Morgan fingerprint density at radius 1 is 0.630 bits per heavy atom. The lowest BCUT2D eigenvalue weighted by molar-refractivity contribution is -0.150. The fraction of sp³-hybridized carbons (Fsp3) is 0.913. The maximum absolute atomic E-state index is 11.8. The van der Waals surface area contributed by atoms with Gasteiger partial charge >= 0.3 is 11.9 Å². The van der Waals surface area contributed by atoms with Crippen LogP contribution in [-0.4, -0.2) is 24.6 Å². The number of hydrogen-bond donors (Lipinski definition) is 0. The second-order valence-electron chi connectivity index (χ2n) is 8.65. The van der Waals surface area contributed by atoms with E-state index in [4.69, 9.17) is 9.47 Å². The van der Waals surface area contributed by atoms with Crippen molar-refractivity contribution in [1.82, 2.24) is 0 Å². The quantitative estimate of drug-likeness (QED) is 0.213. The maximum atomic E-state index is 11.8. The van der Waals surface area contributed by atoms with Crippen molar-refractivity contribution >= 4 is 11.9 Å². The molecular formula is C23H44O4. The van der Waals surface area contributed by atoms with Gasteiger partial charge in [-0.2, -0.15) is 0 Å². The topological polar surface area (TPSA) is 52.6 Å². The fourth-order valence-corrected chi connectivity index (χ4v) is 2.97. The third-order valence-corrected chi connectivity index (χ3v) is 4.68. The average molecular weight is 385 g/mol. The lowest BCUT2D eigenvalue weighted by Gasteiger charge is -2.13. The molecule has 0 fully saturated rings. The van der Waals surface area contributed by atoms with E-state index in [2.05, 4.69) is 27.7 Å². The minimum atomic E-state index is -0.108. The Morgan fingerprint density at radius 3 is 1.67 bits per heavy atom. The van der Waals surface area contributed by atoms with Crippen LogP contribution in [-0.2, 0) is 19.1 Å². The highest BCUT2D eigenvalue weighted by molar-refractivity contribution is 5.69. The number of carbonyl (C=O) groups is 2. The van der Waals surface area contributed by atoms with Crippen LogP contribution in [0.3, 0.4) is 0 Å². The predicted molar refractivity (Wildman–Crippen MR) is 112 cm³/mol. The molecule has 0 amide bonds. The van der Waals surface area contributed by atoms with Crippen molar-refractivity contribution in [2.24, 2.45) is 11.8 Å². The molecule has 0 aliphatic rings. The van der Waals surface area contributed by atoms with Gasteiger partial charge in [0, 0.05) is 12.8 Å². The van der Waals surface area contributed by atoms with E-state index in [1.807, 2.05) is 6.92 Å². The van der Waals surface area contributed by atoms with Gasteiger partial charge in [0.2, 0.25) is 0 Å². The third kappa shape index (κ3) is 19.5. The molecule has 0 radical (unpaired) electrons. The molecule has 0 saturated carbocycles. The Kier molecular flexibility index (Phi) is 16.4. The third-order valence-electron chi connectivity index (χ3n) is 4.68. The number of hydrogen-bond acceptors (Lipinski definition) is 4. The first kappa shape index (κ1) is 25.9. The lowest BCUT2D eigenvalue weighted by Crippen LogP contribution is -2.16. The monoisotopic (exact) mass is 384 g/mol. The summed E-state index contributed by atoms with van der Waals surface area (Å²) < 4.78 is 10.7. The predicted octanol–water partition coefficient (Wildman–Crippen LogP) is 6.45. The molecule has 0 aromatic heterocycles. The Balaban J connectivity index is 3.52. The molecule has 1 atom stereocenters. The van der Waals surface area contributed by atoms with Gasteiger partial charge in [0.1, 0.15) is 0 Å². The molecule has 0 aromatic rings. The molecule has 0 aliphatic heterocycles. The minimum absolute atomic E-state index is 0.106. The Morgan fingerprint density at radius 2 is 1.15 bits per heavy atom. The normalized spacial score (nSPS) is 12.4. The number of rotatable bonds is 17. The summed E-state index contributed by atoms with van der Waals surface area (Å²) in [4.78, 5) is 23.5. The smallest absolute Gasteiger partial charge is 0.306 e. The Labute approximate surface area is 167 Å². The van der Waals surface area contributed by atoms with Gasteiger partial charge in [-0.1, -0.05) is 66.2 Å². The standard InChI is InChI=1S/C23H44O4/c1-19(2)13-8-6-10-16-22(24)26-18-12-15-21(5)27-23(25)17-11-7-9-14-20(3)4/h19-21H,6-18H2,1-5H3. The SMILES string of the molecule is CC(C)CCCCCC(=O)OCCCC(C)OC(=O)CCCCCC(C)C. The molecule has 27 heavy (non-hydrogen) atoms. The van der Waals surface area contributed by atoms with Gasteiger partial charge in [0.05, 0.1) is 12.7 Å². The average Bonchev–Trinajstić information content (AvgIpc) is 2.57. The van der Waals surface area contributed by atoms with Crippen LogP contribution in [0.5, 0.6) is 0 Å². The van der Waals surface area contributed by atoms with Crippen LogP contribution in [0, 0.1) is 11.8 Å². The highest BCUT2D eigenvalue weighted by atomic mass is 16.5. The molecule has 0 aromatic carbocycles. The number of ether oxygens (including phenoxy) is 2. The molecule has 0 N–H and O–H groups in total. The van der Waals surface area contributed by atoms with E-state index in [1.165, 1.54) is 25.7 Å². The fourth-order valence-electron chi connectivity index (χ4n) is 2.97. The molecule has 0 aliphatic carbocycles. The van der Waals surface area contributed by atoms with Gasteiger partial charge in [-0.05, 0) is 44.4 Å². The zero-order valence-corrected chi connectivity index (χ0v) is 18.6. The molecule has 0 spiro atoms. The van der Waals surface area contributed by atoms with E-state index in [-0.39, 0.29) is 18.0 Å². The summed E-state index contributed by atoms with van der Waals surface area (Å²) in [5.74, 6) is 1.25. The molecule has 0 rings (SSSR count). The number of esters is 2. The summed E-state index contributed by atoms with van der Waals surface area (Å²) >= 11 is 0. The summed E-state index contributed by atoms with van der Waals surface area (Å²) in [7, 11) is 0. The molecule has 0 heterocycles. The van der Waals surface area contributed by atoms with E-state index in [1.54, 1.807) is 0 Å². The highest BCUT2D eigenvalue weighted by Gasteiger charge is 2.10. The summed E-state index contributed by atoms with van der Waals surface area (Å²) in [5, 5.41) is 0. The summed E-state index contributed by atoms with van der Waals surface area (Å²) in [6, 6.07) is 0. The molecule has 0 bridgehead atoms. The van der Waals surface area contributed by atoms with Gasteiger partial charge in [-0.15, -0.1) is 0 Å². The van der Waals surface area contributed by atoms with Crippen molar-refractivity contribution in [1.29, 1.82) is 0 Å². The van der Waals surface area contributed by atoms with Crippen LogP contribution >= 0.6 is 0 Å². The van der Waals surface area contributed by atoms with Crippen molar-refractivity contribution in [3.05, 3.63) is 0 Å². The van der Waals surface area contributed by atoms with Crippen LogP contribution in [0.15, 0.2) is 0 Å². The van der Waals surface area contributed by atoms with Crippen molar-refractivity contribution in [2.45, 2.75) is 118 Å². The van der Waals surface area contributed by atoms with Crippen LogP contribution in [0.25, 0.3) is 0 Å². The number of unbranched alkanes of at least 4 members (excludes halogenated alkanes) is 4. The number of carbonyl (C=O) groups excluding carboxylic acids is 2. The second kappa shape index (κ2) is 17.1. The van der Waals surface area contributed by atoms with Gasteiger partial charge in [0.15, 0.2) is 0 Å². The Hall–Kier alpha value is -1.06. The zero-order valence-electron chi connectivity index (χ0n) is 18.6. The van der Waals surface area contributed by atoms with E-state index in [0.717, 1.165) is 50.4 Å². The first-order chi connectivity index (χ1) is 12.8.